The largest absolute Gasteiger partial charge is 0.272 e. The summed E-state index contributed by atoms with van der Waals surface area (Å²) in [5.41, 5.74) is 2.90. The summed E-state index contributed by atoms with van der Waals surface area (Å²) in [6.07, 6.45) is 2.83. The molecule has 0 aliphatic carbocycles. The molecule has 0 unspecified atom stereocenters. The van der Waals surface area contributed by atoms with Crippen molar-refractivity contribution in [1.82, 2.24) is 14.5 Å². The summed E-state index contributed by atoms with van der Waals surface area (Å²) >= 11 is 0. The van der Waals surface area contributed by atoms with E-state index in [2.05, 4.69) is 23.7 Å². The summed E-state index contributed by atoms with van der Waals surface area (Å²) in [7, 11) is -3.50. The molecule has 0 spiro atoms. The summed E-state index contributed by atoms with van der Waals surface area (Å²) in [6, 6.07) is 7.11. The second kappa shape index (κ2) is 7.27. The summed E-state index contributed by atoms with van der Waals surface area (Å²) in [5, 5.41) is 4.32. The lowest BCUT2D eigenvalue weighted by Gasteiger charge is -2.08. The molecule has 0 bridgehead atoms. The molecule has 5 nitrogen and oxygen atoms in total. The fourth-order valence-electron chi connectivity index (χ4n) is 2.43. The average Bonchev–Trinajstić information content (AvgIpc) is 2.86. The van der Waals surface area contributed by atoms with Crippen LogP contribution >= 0.6 is 0 Å². The van der Waals surface area contributed by atoms with Gasteiger partial charge in [0.25, 0.3) is 0 Å². The van der Waals surface area contributed by atoms with Crippen LogP contribution in [0.2, 0.25) is 0 Å². The number of hydrogen-bond donors (Lipinski definition) is 1. The Bertz CT molecular complexity index is 747. The molecule has 0 atom stereocenters. The van der Waals surface area contributed by atoms with Gasteiger partial charge in [0.15, 0.2) is 0 Å². The van der Waals surface area contributed by atoms with Gasteiger partial charge in [-0.2, -0.15) is 5.10 Å². The van der Waals surface area contributed by atoms with Crippen molar-refractivity contribution >= 4 is 10.0 Å². The van der Waals surface area contributed by atoms with E-state index in [0.29, 0.717) is 10.8 Å². The minimum Gasteiger partial charge on any atom is -0.272 e. The zero-order valence-corrected chi connectivity index (χ0v) is 15.0. The van der Waals surface area contributed by atoms with Crippen LogP contribution in [0.25, 0.3) is 0 Å². The van der Waals surface area contributed by atoms with Gasteiger partial charge in [-0.1, -0.05) is 26.0 Å². The van der Waals surface area contributed by atoms with E-state index in [1.165, 1.54) is 0 Å². The molecular weight excluding hydrogens is 310 g/mol. The maximum absolute atomic E-state index is 12.4. The third-order valence-electron chi connectivity index (χ3n) is 3.70. The molecule has 1 heterocycles. The van der Waals surface area contributed by atoms with Gasteiger partial charge in [-0.05, 0) is 43.9 Å². The number of rotatable bonds is 7. The number of nitrogens with one attached hydrogen (secondary N) is 1. The number of nitrogens with zero attached hydrogens (tertiary/aromatic N) is 2. The first kappa shape index (κ1) is 17.7. The Morgan fingerprint density at radius 3 is 2.39 bits per heavy atom. The van der Waals surface area contributed by atoms with Crippen molar-refractivity contribution in [3.63, 3.8) is 0 Å². The highest BCUT2D eigenvalue weighted by Gasteiger charge is 2.15. The molecule has 1 N–H and O–H groups in total. The first-order valence-corrected chi connectivity index (χ1v) is 9.41. The Labute approximate surface area is 138 Å². The van der Waals surface area contributed by atoms with Gasteiger partial charge in [0.1, 0.15) is 0 Å². The highest BCUT2D eigenvalue weighted by Crippen LogP contribution is 2.14. The van der Waals surface area contributed by atoms with Gasteiger partial charge in [-0.3, -0.25) is 4.68 Å². The van der Waals surface area contributed by atoms with Crippen LogP contribution in [-0.2, 0) is 29.5 Å². The van der Waals surface area contributed by atoms with E-state index in [9.17, 15) is 8.42 Å². The maximum atomic E-state index is 12.4. The lowest BCUT2D eigenvalue weighted by molar-refractivity contribution is 0.581. The average molecular weight is 335 g/mol. The van der Waals surface area contributed by atoms with E-state index in [1.54, 1.807) is 16.8 Å². The lowest BCUT2D eigenvalue weighted by atomic mass is 10.0. The Morgan fingerprint density at radius 1 is 1.22 bits per heavy atom. The summed E-state index contributed by atoms with van der Waals surface area (Å²) in [6.45, 7) is 9.19. The molecule has 0 amide bonds. The quantitative estimate of drug-likeness (QED) is 0.846. The van der Waals surface area contributed by atoms with E-state index in [1.807, 2.05) is 32.2 Å². The van der Waals surface area contributed by atoms with Crippen molar-refractivity contribution in [2.45, 2.75) is 52.1 Å². The van der Waals surface area contributed by atoms with Gasteiger partial charge in [0, 0.05) is 24.8 Å². The second-order valence-electron chi connectivity index (χ2n) is 6.16. The first-order chi connectivity index (χ1) is 10.8. The van der Waals surface area contributed by atoms with Gasteiger partial charge >= 0.3 is 0 Å². The van der Waals surface area contributed by atoms with Crippen molar-refractivity contribution in [2.75, 3.05) is 0 Å². The Balaban J connectivity index is 2.07. The second-order valence-corrected chi connectivity index (χ2v) is 7.93. The third kappa shape index (κ3) is 4.65. The van der Waals surface area contributed by atoms with Gasteiger partial charge < -0.3 is 0 Å². The van der Waals surface area contributed by atoms with Gasteiger partial charge in [0.05, 0.1) is 10.6 Å². The lowest BCUT2D eigenvalue weighted by Crippen LogP contribution is -2.23. The van der Waals surface area contributed by atoms with Crippen molar-refractivity contribution in [3.8, 4) is 0 Å². The van der Waals surface area contributed by atoms with E-state index >= 15 is 0 Å². The van der Waals surface area contributed by atoms with Crippen molar-refractivity contribution in [2.24, 2.45) is 5.92 Å². The van der Waals surface area contributed by atoms with Crippen LogP contribution in [0.5, 0.6) is 0 Å². The fourth-order valence-corrected chi connectivity index (χ4v) is 3.43. The normalized spacial score (nSPS) is 12.0. The van der Waals surface area contributed by atoms with Gasteiger partial charge in [-0.25, -0.2) is 13.1 Å². The minimum atomic E-state index is -3.50. The van der Waals surface area contributed by atoms with Crippen molar-refractivity contribution < 1.29 is 8.42 Å². The van der Waals surface area contributed by atoms with E-state index in [-0.39, 0.29) is 6.54 Å². The molecule has 0 radical (unpaired) electrons. The van der Waals surface area contributed by atoms with Gasteiger partial charge in [0.2, 0.25) is 10.0 Å². The number of aryl methyl sites for hydroxylation is 2. The van der Waals surface area contributed by atoms with E-state index in [0.717, 1.165) is 29.8 Å². The van der Waals surface area contributed by atoms with E-state index < -0.39 is 10.0 Å². The molecule has 126 valence electrons. The molecule has 2 rings (SSSR count). The SMILES string of the molecule is CCn1cc(CNS(=O)(=O)c2ccc(CC(C)C)cc2)c(C)n1. The Kier molecular flexibility index (Phi) is 5.59. The molecule has 6 heteroatoms. The summed E-state index contributed by atoms with van der Waals surface area (Å²) < 4.78 is 29.2. The molecule has 23 heavy (non-hydrogen) atoms. The van der Waals surface area contributed by atoms with Crippen LogP contribution < -0.4 is 4.72 Å². The molecule has 0 aliphatic rings. The zero-order valence-electron chi connectivity index (χ0n) is 14.2. The van der Waals surface area contributed by atoms with E-state index in [4.69, 9.17) is 0 Å². The predicted molar refractivity (Wildman–Crippen MR) is 91.6 cm³/mol. The Morgan fingerprint density at radius 2 is 1.87 bits per heavy atom. The predicted octanol–water partition coefficient (Wildman–Crippen LogP) is 2.89. The number of hydrogen-bond acceptors (Lipinski definition) is 3. The number of sulfonamides is 1. The van der Waals surface area contributed by atoms with Crippen LogP contribution in [0.4, 0.5) is 0 Å². The van der Waals surface area contributed by atoms with Gasteiger partial charge in [-0.15, -0.1) is 0 Å². The fraction of sp³-hybridized carbons (Fsp3) is 0.471. The minimum absolute atomic E-state index is 0.252. The molecule has 2 aromatic rings. The van der Waals surface area contributed by atoms with Crippen LogP contribution in [-0.4, -0.2) is 18.2 Å². The molecule has 1 aromatic carbocycles. The standard InChI is InChI=1S/C17H25N3O2S/c1-5-20-12-16(14(4)19-20)11-18-23(21,22)17-8-6-15(7-9-17)10-13(2)3/h6-9,12-13,18H,5,10-11H2,1-4H3. The molecule has 0 aliphatic heterocycles. The number of benzene rings is 1. The molecule has 0 saturated heterocycles. The zero-order chi connectivity index (χ0) is 17.0. The van der Waals surface area contributed by atoms with Crippen molar-refractivity contribution in [1.29, 1.82) is 0 Å². The third-order valence-corrected chi connectivity index (χ3v) is 5.12. The van der Waals surface area contributed by atoms with Crippen molar-refractivity contribution in [3.05, 3.63) is 47.3 Å². The Hall–Kier alpha value is -1.66. The maximum Gasteiger partial charge on any atom is 0.240 e. The number of aromatic nitrogens is 2. The smallest absolute Gasteiger partial charge is 0.240 e. The molecule has 1 aromatic heterocycles. The van der Waals surface area contributed by atoms with Crippen LogP contribution in [0, 0.1) is 12.8 Å². The topological polar surface area (TPSA) is 64.0 Å². The molecule has 0 saturated carbocycles. The highest BCUT2D eigenvalue weighted by molar-refractivity contribution is 7.89. The van der Waals surface area contributed by atoms with Crippen LogP contribution in [0.3, 0.4) is 0 Å². The van der Waals surface area contributed by atoms with Crippen LogP contribution in [0.15, 0.2) is 35.4 Å². The summed E-state index contributed by atoms with van der Waals surface area (Å²) in [4.78, 5) is 0.297. The highest BCUT2D eigenvalue weighted by atomic mass is 32.2. The molecule has 0 fully saturated rings. The monoisotopic (exact) mass is 335 g/mol. The molecular formula is C17H25N3O2S. The summed E-state index contributed by atoms with van der Waals surface area (Å²) in [5.74, 6) is 0.550. The first-order valence-electron chi connectivity index (χ1n) is 7.93. The van der Waals surface area contributed by atoms with Crippen LogP contribution in [0.1, 0.15) is 37.6 Å².